The Morgan fingerprint density at radius 1 is 1.12 bits per heavy atom. The lowest BCUT2D eigenvalue weighted by Gasteiger charge is -2.13. The minimum Gasteiger partial charge on any atom is -0.495 e. The van der Waals surface area contributed by atoms with E-state index in [1.165, 1.54) is 44.4 Å². The molecular weight excluding hydrogens is 382 g/mol. The Balaban J connectivity index is 2.21. The first-order chi connectivity index (χ1) is 12.2. The van der Waals surface area contributed by atoms with E-state index in [0.29, 0.717) is 5.75 Å². The van der Waals surface area contributed by atoms with E-state index >= 15 is 0 Å². The maximum absolute atomic E-state index is 12.4. The lowest BCUT2D eigenvalue weighted by molar-refractivity contribution is -0.114. The van der Waals surface area contributed by atoms with Gasteiger partial charge in [-0.05, 0) is 30.3 Å². The minimum absolute atomic E-state index is 0.116. The normalized spacial score (nSPS) is 10.9. The maximum Gasteiger partial charge on any atom is 0.267 e. The van der Waals surface area contributed by atoms with E-state index in [2.05, 4.69) is 10.7 Å². The Morgan fingerprint density at radius 2 is 1.81 bits per heavy atom. The molecule has 3 N–H and O–H groups in total. The third kappa shape index (κ3) is 4.72. The second-order valence-corrected chi connectivity index (χ2v) is 7.17. The Morgan fingerprint density at radius 3 is 2.42 bits per heavy atom. The molecule has 0 saturated heterocycles. The number of rotatable bonds is 6. The second-order valence-electron chi connectivity index (χ2n) is 5.08. The number of ether oxygens (including phenoxy) is 1. The number of amides is 2. The van der Waals surface area contributed by atoms with E-state index in [9.17, 15) is 18.0 Å². The number of sulfonamides is 1. The molecule has 0 aliphatic rings. The molecule has 2 aromatic rings. The van der Waals surface area contributed by atoms with Crippen LogP contribution < -0.4 is 20.3 Å². The lowest BCUT2D eigenvalue weighted by atomic mass is 10.2. The fraction of sp³-hybridized carbons (Fsp3) is 0.125. The van der Waals surface area contributed by atoms with Crippen molar-refractivity contribution in [3.05, 3.63) is 53.1 Å². The number of carbonyl (C=O) groups is 2. The molecule has 138 valence electrons. The summed E-state index contributed by atoms with van der Waals surface area (Å²) < 4.78 is 29.8. The molecule has 0 unspecified atom stereocenters. The molecule has 2 aromatic carbocycles. The molecule has 0 spiro atoms. The molecule has 26 heavy (non-hydrogen) atoms. The summed E-state index contributed by atoms with van der Waals surface area (Å²) in [6, 6.07) is 10.1. The highest BCUT2D eigenvalue weighted by Crippen LogP contribution is 2.27. The third-order valence-corrected chi connectivity index (χ3v) is 4.78. The van der Waals surface area contributed by atoms with Gasteiger partial charge in [-0.2, -0.15) is 0 Å². The minimum atomic E-state index is -4.09. The maximum atomic E-state index is 12.4. The smallest absolute Gasteiger partial charge is 0.267 e. The topological polar surface area (TPSA) is 114 Å². The van der Waals surface area contributed by atoms with Crippen LogP contribution in [0.1, 0.15) is 17.3 Å². The van der Waals surface area contributed by atoms with Crippen molar-refractivity contribution >= 4 is 39.1 Å². The number of nitrogens with one attached hydrogen (secondary N) is 3. The van der Waals surface area contributed by atoms with Crippen molar-refractivity contribution in [3.63, 3.8) is 0 Å². The summed E-state index contributed by atoms with van der Waals surface area (Å²) in [5.74, 6) is -0.813. The Hall–Kier alpha value is -2.62. The summed E-state index contributed by atoms with van der Waals surface area (Å²) in [5, 5.41) is 2.66. The molecule has 0 atom stereocenters. The zero-order valence-corrected chi connectivity index (χ0v) is 15.4. The fourth-order valence-corrected chi connectivity index (χ4v) is 3.11. The zero-order chi connectivity index (χ0) is 19.3. The molecule has 0 radical (unpaired) electrons. The average Bonchev–Trinajstić information content (AvgIpc) is 2.59. The van der Waals surface area contributed by atoms with Gasteiger partial charge in [0.25, 0.3) is 15.9 Å². The van der Waals surface area contributed by atoms with Crippen LogP contribution in [0.2, 0.25) is 5.02 Å². The van der Waals surface area contributed by atoms with Gasteiger partial charge in [0, 0.05) is 6.92 Å². The number of hydrogen-bond acceptors (Lipinski definition) is 5. The van der Waals surface area contributed by atoms with Crippen molar-refractivity contribution in [1.29, 1.82) is 0 Å². The van der Waals surface area contributed by atoms with Gasteiger partial charge in [0.15, 0.2) is 0 Å². The molecule has 0 bridgehead atoms. The van der Waals surface area contributed by atoms with E-state index in [0.717, 1.165) is 0 Å². The second kappa shape index (κ2) is 8.17. The van der Waals surface area contributed by atoms with E-state index < -0.39 is 21.8 Å². The van der Waals surface area contributed by atoms with Crippen molar-refractivity contribution in [2.75, 3.05) is 12.4 Å². The van der Waals surface area contributed by atoms with Crippen molar-refractivity contribution in [2.24, 2.45) is 0 Å². The highest BCUT2D eigenvalue weighted by molar-refractivity contribution is 7.89. The molecule has 0 fully saturated rings. The van der Waals surface area contributed by atoms with Crippen molar-refractivity contribution in [2.45, 2.75) is 11.8 Å². The summed E-state index contributed by atoms with van der Waals surface area (Å²) in [7, 11) is -2.71. The Labute approximate surface area is 155 Å². The van der Waals surface area contributed by atoms with Crippen molar-refractivity contribution < 1.29 is 22.7 Å². The van der Waals surface area contributed by atoms with Crippen LogP contribution in [0, 0.1) is 0 Å². The number of carbonyl (C=O) groups excluding carboxylic acids is 2. The molecule has 0 aromatic heterocycles. The van der Waals surface area contributed by atoms with Crippen LogP contribution in [0.5, 0.6) is 5.75 Å². The molecular formula is C16H16ClN3O5S. The van der Waals surface area contributed by atoms with E-state index in [1.54, 1.807) is 12.1 Å². The first-order valence-electron chi connectivity index (χ1n) is 7.27. The molecule has 8 nitrogen and oxygen atoms in total. The molecule has 10 heteroatoms. The standard InChI is InChI=1S/C16H16ClN3O5S/c1-10(21)18-14-9-11(7-8-15(14)25-2)26(23,24)20-19-16(22)12-5-3-4-6-13(12)17/h3-9,20H,1-2H3,(H,18,21)(H,19,22). The van der Waals surface area contributed by atoms with Gasteiger partial charge in [0.05, 0.1) is 28.3 Å². The Bertz CT molecular complexity index is 947. The summed E-state index contributed by atoms with van der Waals surface area (Å²) in [4.78, 5) is 25.1. The van der Waals surface area contributed by atoms with Gasteiger partial charge in [-0.15, -0.1) is 4.83 Å². The summed E-state index contributed by atoms with van der Waals surface area (Å²) in [6.07, 6.45) is 0. The number of benzene rings is 2. The summed E-state index contributed by atoms with van der Waals surface area (Å²) in [5.41, 5.74) is 2.38. The number of hydrazine groups is 1. The van der Waals surface area contributed by atoms with Gasteiger partial charge >= 0.3 is 0 Å². The molecule has 0 heterocycles. The molecule has 0 saturated carbocycles. The summed E-state index contributed by atoms with van der Waals surface area (Å²) in [6.45, 7) is 1.28. The van der Waals surface area contributed by atoms with Crippen LogP contribution in [0.4, 0.5) is 5.69 Å². The van der Waals surface area contributed by atoms with Crippen LogP contribution >= 0.6 is 11.6 Å². The van der Waals surface area contributed by atoms with E-state index in [1.807, 2.05) is 4.83 Å². The number of hydrogen-bond donors (Lipinski definition) is 3. The quantitative estimate of drug-likeness (QED) is 0.644. The predicted molar refractivity (Wildman–Crippen MR) is 96.5 cm³/mol. The molecule has 2 rings (SSSR count). The highest BCUT2D eigenvalue weighted by Gasteiger charge is 2.19. The van der Waals surface area contributed by atoms with Gasteiger partial charge in [-0.25, -0.2) is 8.42 Å². The Kier molecular flexibility index (Phi) is 6.19. The highest BCUT2D eigenvalue weighted by atomic mass is 35.5. The monoisotopic (exact) mass is 397 g/mol. The lowest BCUT2D eigenvalue weighted by Crippen LogP contribution is -2.41. The summed E-state index contributed by atoms with van der Waals surface area (Å²) >= 11 is 5.90. The fourth-order valence-electron chi connectivity index (χ4n) is 2.03. The largest absolute Gasteiger partial charge is 0.495 e. The van der Waals surface area contributed by atoms with Gasteiger partial charge in [-0.1, -0.05) is 23.7 Å². The third-order valence-electron chi connectivity index (χ3n) is 3.21. The van der Waals surface area contributed by atoms with Gasteiger partial charge < -0.3 is 10.1 Å². The van der Waals surface area contributed by atoms with Crippen LogP contribution in [-0.4, -0.2) is 27.3 Å². The van der Waals surface area contributed by atoms with Crippen LogP contribution in [0.15, 0.2) is 47.4 Å². The van der Waals surface area contributed by atoms with Crippen LogP contribution in [0.3, 0.4) is 0 Å². The number of methoxy groups -OCH3 is 1. The SMILES string of the molecule is COc1ccc(S(=O)(=O)NNC(=O)c2ccccc2Cl)cc1NC(C)=O. The van der Waals surface area contributed by atoms with E-state index in [-0.39, 0.29) is 21.2 Å². The molecule has 2 amide bonds. The van der Waals surface area contributed by atoms with Gasteiger partial charge in [-0.3, -0.25) is 15.0 Å². The number of anilines is 1. The van der Waals surface area contributed by atoms with Crippen LogP contribution in [0.25, 0.3) is 0 Å². The van der Waals surface area contributed by atoms with Gasteiger partial charge in [0.1, 0.15) is 5.75 Å². The van der Waals surface area contributed by atoms with E-state index in [4.69, 9.17) is 16.3 Å². The molecule has 0 aliphatic carbocycles. The predicted octanol–water partition coefficient (Wildman–Crippen LogP) is 1.93. The average molecular weight is 398 g/mol. The first kappa shape index (κ1) is 19.7. The number of halogens is 1. The first-order valence-corrected chi connectivity index (χ1v) is 9.13. The van der Waals surface area contributed by atoms with Gasteiger partial charge in [0.2, 0.25) is 5.91 Å². The van der Waals surface area contributed by atoms with Crippen LogP contribution in [-0.2, 0) is 14.8 Å². The van der Waals surface area contributed by atoms with Crippen molar-refractivity contribution in [3.8, 4) is 5.75 Å². The molecule has 0 aliphatic heterocycles. The zero-order valence-electron chi connectivity index (χ0n) is 13.9. The van der Waals surface area contributed by atoms with Crippen molar-refractivity contribution in [1.82, 2.24) is 10.3 Å².